The van der Waals surface area contributed by atoms with E-state index in [-0.39, 0.29) is 5.91 Å². The number of anilines is 1. The molecule has 1 aromatic heterocycles. The first-order valence-electron chi connectivity index (χ1n) is 9.27. The van der Waals surface area contributed by atoms with Crippen molar-refractivity contribution in [2.75, 3.05) is 12.4 Å². The van der Waals surface area contributed by atoms with Gasteiger partial charge < -0.3 is 14.8 Å². The lowest BCUT2D eigenvalue weighted by Crippen LogP contribution is -2.32. The Labute approximate surface area is 165 Å². The second kappa shape index (κ2) is 9.55. The molecule has 1 atom stereocenters. The van der Waals surface area contributed by atoms with Crippen LogP contribution in [0.4, 0.5) is 5.69 Å². The zero-order valence-electron chi connectivity index (χ0n) is 16.1. The quantitative estimate of drug-likeness (QED) is 0.630. The van der Waals surface area contributed by atoms with E-state index < -0.39 is 6.10 Å². The maximum absolute atomic E-state index is 12.6. The predicted octanol–water partition coefficient (Wildman–Crippen LogP) is 4.48. The van der Waals surface area contributed by atoms with E-state index in [9.17, 15) is 4.79 Å². The fourth-order valence-electron chi connectivity index (χ4n) is 2.83. The van der Waals surface area contributed by atoms with Gasteiger partial charge in [0.05, 0.1) is 7.11 Å². The molecule has 1 amide bonds. The van der Waals surface area contributed by atoms with Crippen LogP contribution < -0.4 is 14.8 Å². The SMILES string of the molecule is CC[C@H](Oc1cccc(OC)c1)C(=O)Nc1ccc(Cc2ccncc2)cc1. The number of rotatable bonds is 8. The van der Waals surface area contributed by atoms with Gasteiger partial charge >= 0.3 is 0 Å². The van der Waals surface area contributed by atoms with Crippen molar-refractivity contribution in [2.45, 2.75) is 25.9 Å². The molecule has 0 fully saturated rings. The van der Waals surface area contributed by atoms with Crippen molar-refractivity contribution in [1.82, 2.24) is 4.98 Å². The number of methoxy groups -OCH3 is 1. The minimum absolute atomic E-state index is 0.174. The number of nitrogens with one attached hydrogen (secondary N) is 1. The zero-order valence-corrected chi connectivity index (χ0v) is 16.1. The Morgan fingerprint density at radius 1 is 1.00 bits per heavy atom. The van der Waals surface area contributed by atoms with Crippen molar-refractivity contribution in [3.8, 4) is 11.5 Å². The average Bonchev–Trinajstić information content (AvgIpc) is 2.74. The Bertz CT molecular complexity index is 895. The Balaban J connectivity index is 1.60. The third-order valence-electron chi connectivity index (χ3n) is 4.36. The van der Waals surface area contributed by atoms with Gasteiger partial charge in [-0.05, 0) is 60.4 Å². The second-order valence-electron chi connectivity index (χ2n) is 6.41. The summed E-state index contributed by atoms with van der Waals surface area (Å²) in [7, 11) is 1.60. The molecule has 0 saturated carbocycles. The van der Waals surface area contributed by atoms with Crippen molar-refractivity contribution in [3.05, 3.63) is 84.2 Å². The Hall–Kier alpha value is -3.34. The summed E-state index contributed by atoms with van der Waals surface area (Å²) in [5, 5.41) is 2.93. The summed E-state index contributed by atoms with van der Waals surface area (Å²) in [4.78, 5) is 16.6. The fourth-order valence-corrected chi connectivity index (χ4v) is 2.83. The summed E-state index contributed by atoms with van der Waals surface area (Å²) in [6, 6.07) is 19.1. The predicted molar refractivity (Wildman–Crippen MR) is 110 cm³/mol. The first-order chi connectivity index (χ1) is 13.7. The lowest BCUT2D eigenvalue weighted by Gasteiger charge is -2.18. The van der Waals surface area contributed by atoms with Gasteiger partial charge in [0, 0.05) is 24.1 Å². The smallest absolute Gasteiger partial charge is 0.265 e. The van der Waals surface area contributed by atoms with Gasteiger partial charge in [-0.1, -0.05) is 25.1 Å². The van der Waals surface area contributed by atoms with E-state index in [0.29, 0.717) is 17.9 Å². The van der Waals surface area contributed by atoms with Crippen LogP contribution in [-0.2, 0) is 11.2 Å². The third kappa shape index (κ3) is 5.33. The monoisotopic (exact) mass is 376 g/mol. The second-order valence-corrected chi connectivity index (χ2v) is 6.41. The molecular weight excluding hydrogens is 352 g/mol. The molecule has 0 bridgehead atoms. The van der Waals surface area contributed by atoms with Gasteiger partial charge in [-0.15, -0.1) is 0 Å². The molecule has 0 saturated heterocycles. The van der Waals surface area contributed by atoms with E-state index in [2.05, 4.69) is 10.3 Å². The number of benzene rings is 2. The molecule has 0 aliphatic rings. The molecule has 3 rings (SSSR count). The molecule has 144 valence electrons. The van der Waals surface area contributed by atoms with E-state index in [0.717, 1.165) is 12.1 Å². The van der Waals surface area contributed by atoms with Crippen molar-refractivity contribution >= 4 is 11.6 Å². The molecule has 0 aliphatic carbocycles. The van der Waals surface area contributed by atoms with Crippen LogP contribution in [0.1, 0.15) is 24.5 Å². The summed E-state index contributed by atoms with van der Waals surface area (Å²) >= 11 is 0. The summed E-state index contributed by atoms with van der Waals surface area (Å²) in [5.41, 5.74) is 3.12. The highest BCUT2D eigenvalue weighted by atomic mass is 16.5. The maximum Gasteiger partial charge on any atom is 0.265 e. The van der Waals surface area contributed by atoms with Crippen molar-refractivity contribution < 1.29 is 14.3 Å². The summed E-state index contributed by atoms with van der Waals surface area (Å²) in [6.07, 6.45) is 4.38. The molecule has 0 unspecified atom stereocenters. The number of aromatic nitrogens is 1. The molecule has 3 aromatic rings. The number of amides is 1. The third-order valence-corrected chi connectivity index (χ3v) is 4.36. The van der Waals surface area contributed by atoms with Crippen molar-refractivity contribution in [1.29, 1.82) is 0 Å². The van der Waals surface area contributed by atoms with Crippen molar-refractivity contribution in [3.63, 3.8) is 0 Å². The Kier molecular flexibility index (Phi) is 6.63. The summed E-state index contributed by atoms with van der Waals surface area (Å²) < 4.78 is 11.0. The average molecular weight is 376 g/mol. The lowest BCUT2D eigenvalue weighted by molar-refractivity contribution is -0.122. The number of carbonyl (C=O) groups is 1. The van der Waals surface area contributed by atoms with Gasteiger partial charge in [0.1, 0.15) is 11.5 Å². The summed E-state index contributed by atoms with van der Waals surface area (Å²) in [6.45, 7) is 1.92. The molecule has 28 heavy (non-hydrogen) atoms. The highest BCUT2D eigenvalue weighted by Crippen LogP contribution is 2.21. The molecule has 1 N–H and O–H groups in total. The van der Waals surface area contributed by atoms with E-state index in [1.165, 1.54) is 11.1 Å². The standard InChI is InChI=1S/C23H24N2O3/c1-3-22(28-21-6-4-5-20(16-21)27-2)23(26)25-19-9-7-17(8-10-19)15-18-11-13-24-14-12-18/h4-14,16,22H,3,15H2,1-2H3,(H,25,26)/t22-/m0/s1. The molecule has 0 spiro atoms. The molecule has 2 aromatic carbocycles. The number of carbonyl (C=O) groups excluding carboxylic acids is 1. The van der Waals surface area contributed by atoms with Crippen molar-refractivity contribution in [2.24, 2.45) is 0 Å². The largest absolute Gasteiger partial charge is 0.497 e. The first kappa shape index (κ1) is 19.4. The molecular formula is C23H24N2O3. The van der Waals surface area contributed by atoms with Crippen LogP contribution in [0.25, 0.3) is 0 Å². The van der Waals surface area contributed by atoms with Gasteiger partial charge in [0.15, 0.2) is 6.10 Å². The van der Waals surface area contributed by atoms with Gasteiger partial charge in [-0.25, -0.2) is 0 Å². The number of nitrogens with zero attached hydrogens (tertiary/aromatic N) is 1. The van der Waals surface area contributed by atoms with E-state index in [1.807, 2.05) is 61.5 Å². The maximum atomic E-state index is 12.6. The lowest BCUT2D eigenvalue weighted by atomic mass is 10.1. The van der Waals surface area contributed by atoms with Crippen LogP contribution in [0, 0.1) is 0 Å². The molecule has 5 heteroatoms. The minimum Gasteiger partial charge on any atom is -0.497 e. The van der Waals surface area contributed by atoms with Gasteiger partial charge in [-0.2, -0.15) is 0 Å². The first-order valence-corrected chi connectivity index (χ1v) is 9.27. The normalized spacial score (nSPS) is 11.5. The van der Waals surface area contributed by atoms with E-state index >= 15 is 0 Å². The van der Waals surface area contributed by atoms with Crippen LogP contribution in [-0.4, -0.2) is 24.1 Å². The molecule has 0 radical (unpaired) electrons. The van der Waals surface area contributed by atoms with Gasteiger partial charge in [0.25, 0.3) is 5.91 Å². The van der Waals surface area contributed by atoms with Crippen LogP contribution in [0.5, 0.6) is 11.5 Å². The Morgan fingerprint density at radius 3 is 2.36 bits per heavy atom. The van der Waals surface area contributed by atoms with Crippen LogP contribution in [0.2, 0.25) is 0 Å². The van der Waals surface area contributed by atoms with Gasteiger partial charge in [0.2, 0.25) is 0 Å². The van der Waals surface area contributed by atoms with E-state index in [4.69, 9.17) is 9.47 Å². The van der Waals surface area contributed by atoms with Crippen LogP contribution in [0.3, 0.4) is 0 Å². The van der Waals surface area contributed by atoms with Gasteiger partial charge in [-0.3, -0.25) is 9.78 Å². The molecule has 0 aliphatic heterocycles. The van der Waals surface area contributed by atoms with Crippen LogP contribution >= 0.6 is 0 Å². The highest BCUT2D eigenvalue weighted by molar-refractivity contribution is 5.94. The fraction of sp³-hybridized carbons (Fsp3) is 0.217. The number of hydrogen-bond donors (Lipinski definition) is 1. The Morgan fingerprint density at radius 2 is 1.68 bits per heavy atom. The van der Waals surface area contributed by atoms with Crippen LogP contribution in [0.15, 0.2) is 73.1 Å². The summed E-state index contributed by atoms with van der Waals surface area (Å²) in [5.74, 6) is 1.12. The topological polar surface area (TPSA) is 60.5 Å². The molecule has 5 nitrogen and oxygen atoms in total. The minimum atomic E-state index is -0.580. The number of pyridine rings is 1. The van der Waals surface area contributed by atoms with E-state index in [1.54, 1.807) is 25.6 Å². The number of hydrogen-bond acceptors (Lipinski definition) is 4. The highest BCUT2D eigenvalue weighted by Gasteiger charge is 2.18. The molecule has 1 heterocycles. The number of ether oxygens (including phenoxy) is 2. The zero-order chi connectivity index (χ0) is 19.8.